The molecule has 2 rings (SSSR count). The maximum atomic E-state index is 4.19. The SMILES string of the molecule is CCNc1cc(NCCCCn2ccnc2)ncn1. The molecule has 0 saturated heterocycles. The molecule has 0 aliphatic rings. The van der Waals surface area contributed by atoms with Crippen molar-refractivity contribution in [1.29, 1.82) is 0 Å². The van der Waals surface area contributed by atoms with Crippen molar-refractivity contribution in [2.45, 2.75) is 26.3 Å². The summed E-state index contributed by atoms with van der Waals surface area (Å²) in [6.45, 7) is 4.83. The fourth-order valence-electron chi connectivity index (χ4n) is 1.79. The van der Waals surface area contributed by atoms with Crippen LogP contribution in [0.15, 0.2) is 31.1 Å². The van der Waals surface area contributed by atoms with Crippen LogP contribution >= 0.6 is 0 Å². The summed E-state index contributed by atoms with van der Waals surface area (Å²) in [6, 6.07) is 1.93. The van der Waals surface area contributed by atoms with E-state index in [0.29, 0.717) is 0 Å². The number of nitrogens with zero attached hydrogens (tertiary/aromatic N) is 4. The highest BCUT2D eigenvalue weighted by Gasteiger charge is 1.97. The maximum absolute atomic E-state index is 4.19. The Labute approximate surface area is 113 Å². The van der Waals surface area contributed by atoms with E-state index < -0.39 is 0 Å². The number of aromatic nitrogens is 4. The summed E-state index contributed by atoms with van der Waals surface area (Å²) in [7, 11) is 0. The molecular weight excluding hydrogens is 240 g/mol. The van der Waals surface area contributed by atoms with E-state index in [9.17, 15) is 0 Å². The molecule has 0 fully saturated rings. The van der Waals surface area contributed by atoms with Gasteiger partial charge in [0.25, 0.3) is 0 Å². The lowest BCUT2D eigenvalue weighted by molar-refractivity contribution is 0.620. The third-order valence-corrected chi connectivity index (χ3v) is 2.73. The van der Waals surface area contributed by atoms with Crippen LogP contribution in [0.2, 0.25) is 0 Å². The van der Waals surface area contributed by atoms with Gasteiger partial charge in [-0.15, -0.1) is 0 Å². The van der Waals surface area contributed by atoms with Crippen molar-refractivity contribution >= 4 is 11.6 Å². The van der Waals surface area contributed by atoms with Gasteiger partial charge in [-0.2, -0.15) is 0 Å². The molecular formula is C13H20N6. The molecule has 0 atom stereocenters. The Bertz CT molecular complexity index is 468. The highest BCUT2D eigenvalue weighted by atomic mass is 15.1. The summed E-state index contributed by atoms with van der Waals surface area (Å²) in [5.41, 5.74) is 0. The molecule has 0 radical (unpaired) electrons. The van der Waals surface area contributed by atoms with Gasteiger partial charge < -0.3 is 15.2 Å². The second kappa shape index (κ2) is 7.35. The zero-order chi connectivity index (χ0) is 13.3. The maximum Gasteiger partial charge on any atom is 0.131 e. The predicted molar refractivity (Wildman–Crippen MR) is 76.1 cm³/mol. The summed E-state index contributed by atoms with van der Waals surface area (Å²) in [4.78, 5) is 12.3. The van der Waals surface area contributed by atoms with Gasteiger partial charge in [-0.1, -0.05) is 0 Å². The number of anilines is 2. The Balaban J connectivity index is 1.66. The van der Waals surface area contributed by atoms with Crippen molar-refractivity contribution in [1.82, 2.24) is 19.5 Å². The molecule has 2 heterocycles. The fraction of sp³-hybridized carbons (Fsp3) is 0.462. The van der Waals surface area contributed by atoms with Crippen LogP contribution in [0.4, 0.5) is 11.6 Å². The third kappa shape index (κ3) is 4.57. The zero-order valence-corrected chi connectivity index (χ0v) is 11.2. The van der Waals surface area contributed by atoms with Crippen molar-refractivity contribution in [3.8, 4) is 0 Å². The van der Waals surface area contributed by atoms with E-state index in [1.807, 2.05) is 25.5 Å². The number of imidazole rings is 1. The third-order valence-electron chi connectivity index (χ3n) is 2.73. The first-order valence-electron chi connectivity index (χ1n) is 6.64. The Kier molecular flexibility index (Phi) is 5.16. The van der Waals surface area contributed by atoms with Gasteiger partial charge in [-0.25, -0.2) is 15.0 Å². The molecule has 0 unspecified atom stereocenters. The smallest absolute Gasteiger partial charge is 0.131 e. The van der Waals surface area contributed by atoms with Crippen LogP contribution in [0, 0.1) is 0 Å². The Morgan fingerprint density at radius 2 is 2.00 bits per heavy atom. The van der Waals surface area contributed by atoms with Crippen molar-refractivity contribution < 1.29 is 0 Å². The zero-order valence-electron chi connectivity index (χ0n) is 11.2. The highest BCUT2D eigenvalue weighted by Crippen LogP contribution is 2.08. The molecule has 102 valence electrons. The average Bonchev–Trinajstić information content (AvgIpc) is 2.92. The Morgan fingerprint density at radius 3 is 2.74 bits per heavy atom. The average molecular weight is 260 g/mol. The first-order chi connectivity index (χ1) is 9.38. The number of aryl methyl sites for hydroxylation is 1. The number of hydrogen-bond donors (Lipinski definition) is 2. The molecule has 0 aliphatic heterocycles. The van der Waals surface area contributed by atoms with Crippen LogP contribution in [0.25, 0.3) is 0 Å². The lowest BCUT2D eigenvalue weighted by Crippen LogP contribution is -2.06. The predicted octanol–water partition coefficient (Wildman–Crippen LogP) is 2.00. The van der Waals surface area contributed by atoms with Crippen LogP contribution in [0.3, 0.4) is 0 Å². The molecule has 6 heteroatoms. The number of hydrogen-bond acceptors (Lipinski definition) is 5. The second-order valence-corrected chi connectivity index (χ2v) is 4.25. The van der Waals surface area contributed by atoms with Gasteiger partial charge in [-0.3, -0.25) is 0 Å². The summed E-state index contributed by atoms with van der Waals surface area (Å²) < 4.78 is 2.09. The minimum Gasteiger partial charge on any atom is -0.370 e. The van der Waals surface area contributed by atoms with Gasteiger partial charge >= 0.3 is 0 Å². The largest absolute Gasteiger partial charge is 0.370 e. The standard InChI is InChI=1S/C13H20N6/c1-2-15-12-9-13(18-10-17-12)16-5-3-4-7-19-8-6-14-11-19/h6,8-11H,2-5,7H2,1H3,(H2,15,16,17,18). The van der Waals surface area contributed by atoms with Crippen LogP contribution in [0.1, 0.15) is 19.8 Å². The lowest BCUT2D eigenvalue weighted by Gasteiger charge is -2.07. The van der Waals surface area contributed by atoms with Crippen molar-refractivity contribution in [2.75, 3.05) is 23.7 Å². The minimum atomic E-state index is 0.860. The summed E-state index contributed by atoms with van der Waals surface area (Å²) in [5, 5.41) is 6.47. The van der Waals surface area contributed by atoms with Crippen molar-refractivity contribution in [3.05, 3.63) is 31.1 Å². The molecule has 0 aliphatic carbocycles. The minimum absolute atomic E-state index is 0.860. The fourth-order valence-corrected chi connectivity index (χ4v) is 1.79. The van der Waals surface area contributed by atoms with E-state index in [2.05, 4.69) is 30.2 Å². The molecule has 2 aromatic heterocycles. The number of rotatable bonds is 8. The van der Waals surface area contributed by atoms with Gasteiger partial charge in [0, 0.05) is 38.1 Å². The van der Waals surface area contributed by atoms with E-state index in [-0.39, 0.29) is 0 Å². The topological polar surface area (TPSA) is 67.7 Å². The summed E-state index contributed by atoms with van der Waals surface area (Å²) in [6.07, 6.45) is 9.43. The molecule has 2 N–H and O–H groups in total. The molecule has 0 aromatic carbocycles. The van der Waals surface area contributed by atoms with Gasteiger partial charge in [0.1, 0.15) is 18.0 Å². The monoisotopic (exact) mass is 260 g/mol. The van der Waals surface area contributed by atoms with Crippen molar-refractivity contribution in [3.63, 3.8) is 0 Å². The number of unbranched alkanes of at least 4 members (excludes halogenated alkanes) is 1. The Hall–Kier alpha value is -2.11. The molecule has 19 heavy (non-hydrogen) atoms. The first-order valence-corrected chi connectivity index (χ1v) is 6.64. The van der Waals surface area contributed by atoms with Crippen LogP contribution < -0.4 is 10.6 Å². The van der Waals surface area contributed by atoms with Crippen LogP contribution in [-0.4, -0.2) is 32.6 Å². The molecule has 0 amide bonds. The van der Waals surface area contributed by atoms with Gasteiger partial charge in [0.2, 0.25) is 0 Å². The quantitative estimate of drug-likeness (QED) is 0.711. The molecule has 0 bridgehead atoms. The van der Waals surface area contributed by atoms with Crippen LogP contribution in [0.5, 0.6) is 0 Å². The van der Waals surface area contributed by atoms with Gasteiger partial charge in [0.15, 0.2) is 0 Å². The summed E-state index contributed by atoms with van der Waals surface area (Å²) in [5.74, 6) is 1.73. The van der Waals surface area contributed by atoms with E-state index >= 15 is 0 Å². The van der Waals surface area contributed by atoms with E-state index in [1.165, 1.54) is 0 Å². The van der Waals surface area contributed by atoms with Gasteiger partial charge in [0.05, 0.1) is 6.33 Å². The van der Waals surface area contributed by atoms with Crippen molar-refractivity contribution in [2.24, 2.45) is 0 Å². The van der Waals surface area contributed by atoms with E-state index in [0.717, 1.165) is 44.1 Å². The molecule has 0 saturated carbocycles. The molecule has 6 nitrogen and oxygen atoms in total. The summed E-state index contributed by atoms with van der Waals surface area (Å²) >= 11 is 0. The van der Waals surface area contributed by atoms with Crippen LogP contribution in [-0.2, 0) is 6.54 Å². The van der Waals surface area contributed by atoms with E-state index in [1.54, 1.807) is 12.5 Å². The molecule has 2 aromatic rings. The second-order valence-electron chi connectivity index (χ2n) is 4.25. The van der Waals surface area contributed by atoms with Gasteiger partial charge in [-0.05, 0) is 19.8 Å². The normalized spacial score (nSPS) is 10.4. The number of nitrogens with one attached hydrogen (secondary N) is 2. The lowest BCUT2D eigenvalue weighted by atomic mass is 10.3. The molecule has 0 spiro atoms. The van der Waals surface area contributed by atoms with E-state index in [4.69, 9.17) is 0 Å². The first kappa shape index (κ1) is 13.3. The Morgan fingerprint density at radius 1 is 1.16 bits per heavy atom. The highest BCUT2D eigenvalue weighted by molar-refractivity contribution is 5.46.